The van der Waals surface area contributed by atoms with Crippen LogP contribution >= 0.6 is 0 Å². The van der Waals surface area contributed by atoms with Gasteiger partial charge in [0.15, 0.2) is 5.65 Å². The molecule has 3 aromatic heterocycles. The summed E-state index contributed by atoms with van der Waals surface area (Å²) in [6, 6.07) is 5.53. The second kappa shape index (κ2) is 5.47. The third-order valence-corrected chi connectivity index (χ3v) is 3.23. The minimum atomic E-state index is -0.997. The third kappa shape index (κ3) is 2.56. The number of fused-ring (bicyclic) bond motifs is 1. The summed E-state index contributed by atoms with van der Waals surface area (Å²) in [5.41, 5.74) is 2.48. The molecule has 1 unspecified atom stereocenters. The highest BCUT2D eigenvalue weighted by molar-refractivity contribution is 5.77. The van der Waals surface area contributed by atoms with Crippen LogP contribution in [0.2, 0.25) is 0 Å². The fraction of sp³-hybridized carbons (Fsp3) is 0.214. The molecule has 0 aromatic carbocycles. The second-order valence-corrected chi connectivity index (χ2v) is 4.71. The molecule has 0 spiro atoms. The van der Waals surface area contributed by atoms with E-state index in [1.165, 1.54) is 4.57 Å². The fourth-order valence-electron chi connectivity index (χ4n) is 2.18. The Morgan fingerprint density at radius 2 is 2.05 bits per heavy atom. The van der Waals surface area contributed by atoms with Crippen LogP contribution < -0.4 is 5.69 Å². The lowest BCUT2D eigenvalue weighted by Gasteiger charge is -2.07. The largest absolute Gasteiger partial charge is 0.394 e. The van der Waals surface area contributed by atoms with Crippen molar-refractivity contribution in [1.29, 1.82) is 0 Å². The van der Waals surface area contributed by atoms with Gasteiger partial charge in [-0.2, -0.15) is 0 Å². The van der Waals surface area contributed by atoms with Crippen molar-refractivity contribution >= 4 is 11.2 Å². The average Bonchev–Trinajstić information content (AvgIpc) is 2.83. The minimum Gasteiger partial charge on any atom is -0.394 e. The molecule has 0 aliphatic carbocycles. The molecule has 3 rings (SSSR count). The Morgan fingerprint density at radius 3 is 2.76 bits per heavy atom. The number of aromatic nitrogens is 4. The van der Waals surface area contributed by atoms with Gasteiger partial charge in [0.25, 0.3) is 0 Å². The van der Waals surface area contributed by atoms with Gasteiger partial charge < -0.3 is 15.2 Å². The van der Waals surface area contributed by atoms with Crippen LogP contribution in [-0.2, 0) is 6.54 Å². The number of nitrogens with zero attached hydrogens (tertiary/aromatic N) is 3. The van der Waals surface area contributed by atoms with Crippen molar-refractivity contribution in [1.82, 2.24) is 19.5 Å². The molecule has 108 valence electrons. The van der Waals surface area contributed by atoms with Crippen LogP contribution in [0.4, 0.5) is 0 Å². The standard InChI is InChI=1S/C14H14N4O3/c19-8-11(20)7-18-13-12(17-14(18)21)5-10(6-16-13)9-1-3-15-4-2-9/h1-6,11,19-20H,7-8H2,(H,17,21). The number of hydrogen-bond acceptors (Lipinski definition) is 5. The van der Waals surface area contributed by atoms with Gasteiger partial charge >= 0.3 is 5.69 Å². The first-order valence-electron chi connectivity index (χ1n) is 6.47. The van der Waals surface area contributed by atoms with Gasteiger partial charge in [0.2, 0.25) is 0 Å². The molecule has 3 heterocycles. The monoisotopic (exact) mass is 286 g/mol. The molecule has 7 heteroatoms. The lowest BCUT2D eigenvalue weighted by Crippen LogP contribution is -2.27. The Hall–Kier alpha value is -2.51. The smallest absolute Gasteiger partial charge is 0.327 e. The first kappa shape index (κ1) is 13.5. The SMILES string of the molecule is O=c1[nH]c2cc(-c3ccncc3)cnc2n1CC(O)CO. The summed E-state index contributed by atoms with van der Waals surface area (Å²) >= 11 is 0. The Balaban J connectivity index is 2.07. The van der Waals surface area contributed by atoms with Gasteiger partial charge in [-0.15, -0.1) is 0 Å². The predicted molar refractivity (Wildman–Crippen MR) is 76.7 cm³/mol. The molecule has 0 bridgehead atoms. The van der Waals surface area contributed by atoms with Crippen LogP contribution in [0.5, 0.6) is 0 Å². The quantitative estimate of drug-likeness (QED) is 0.633. The zero-order valence-corrected chi connectivity index (χ0v) is 11.1. The first-order valence-corrected chi connectivity index (χ1v) is 6.47. The van der Waals surface area contributed by atoms with Gasteiger partial charge in [-0.05, 0) is 23.8 Å². The zero-order chi connectivity index (χ0) is 14.8. The Morgan fingerprint density at radius 1 is 1.29 bits per heavy atom. The van der Waals surface area contributed by atoms with E-state index in [1.54, 1.807) is 18.6 Å². The van der Waals surface area contributed by atoms with Crippen molar-refractivity contribution in [2.45, 2.75) is 12.6 Å². The van der Waals surface area contributed by atoms with Crippen LogP contribution in [0.1, 0.15) is 0 Å². The van der Waals surface area contributed by atoms with Gasteiger partial charge in [0.05, 0.1) is 24.8 Å². The van der Waals surface area contributed by atoms with Crippen LogP contribution in [0.3, 0.4) is 0 Å². The van der Waals surface area contributed by atoms with E-state index >= 15 is 0 Å². The molecule has 0 radical (unpaired) electrons. The highest BCUT2D eigenvalue weighted by Gasteiger charge is 2.12. The van der Waals surface area contributed by atoms with E-state index in [9.17, 15) is 9.90 Å². The summed E-state index contributed by atoms with van der Waals surface area (Å²) in [5, 5.41) is 18.4. The molecule has 0 amide bonds. The van der Waals surface area contributed by atoms with E-state index < -0.39 is 12.7 Å². The average molecular weight is 286 g/mol. The number of hydrogen-bond donors (Lipinski definition) is 3. The van der Waals surface area contributed by atoms with Crippen molar-refractivity contribution in [3.8, 4) is 11.1 Å². The number of imidazole rings is 1. The Labute approximate surface area is 119 Å². The lowest BCUT2D eigenvalue weighted by molar-refractivity contribution is 0.0813. The predicted octanol–water partition coefficient (Wildman–Crippen LogP) is 0.140. The molecule has 0 aliphatic heterocycles. The highest BCUT2D eigenvalue weighted by Crippen LogP contribution is 2.20. The Bertz CT molecular complexity index is 810. The Kier molecular flexibility index (Phi) is 3.51. The molecule has 7 nitrogen and oxygen atoms in total. The van der Waals surface area contributed by atoms with Crippen molar-refractivity contribution in [2.24, 2.45) is 0 Å². The molecule has 0 aliphatic rings. The summed E-state index contributed by atoms with van der Waals surface area (Å²) < 4.78 is 1.31. The van der Waals surface area contributed by atoms with Crippen LogP contribution in [0.15, 0.2) is 41.6 Å². The number of pyridine rings is 2. The van der Waals surface area contributed by atoms with Crippen LogP contribution in [-0.4, -0.2) is 42.4 Å². The number of nitrogens with one attached hydrogen (secondary N) is 1. The summed E-state index contributed by atoms with van der Waals surface area (Å²) in [6.07, 6.45) is 4.03. The summed E-state index contributed by atoms with van der Waals surface area (Å²) in [5.74, 6) is 0. The first-order chi connectivity index (χ1) is 10.2. The molecule has 3 N–H and O–H groups in total. The number of aliphatic hydroxyl groups is 2. The molecule has 0 saturated carbocycles. The van der Waals surface area contributed by atoms with Crippen molar-refractivity contribution < 1.29 is 10.2 Å². The van der Waals surface area contributed by atoms with Crippen LogP contribution in [0, 0.1) is 0 Å². The maximum absolute atomic E-state index is 11.9. The van der Waals surface area contributed by atoms with Gasteiger partial charge in [0.1, 0.15) is 0 Å². The van der Waals surface area contributed by atoms with Crippen molar-refractivity contribution in [2.75, 3.05) is 6.61 Å². The lowest BCUT2D eigenvalue weighted by atomic mass is 10.1. The summed E-state index contributed by atoms with van der Waals surface area (Å²) in [7, 11) is 0. The minimum absolute atomic E-state index is 0.00304. The van der Waals surface area contributed by atoms with E-state index in [0.717, 1.165) is 11.1 Å². The topological polar surface area (TPSA) is 104 Å². The normalized spacial score (nSPS) is 12.7. The van der Waals surface area contributed by atoms with E-state index in [0.29, 0.717) is 11.2 Å². The van der Waals surface area contributed by atoms with Gasteiger partial charge in [-0.25, -0.2) is 9.78 Å². The third-order valence-electron chi connectivity index (χ3n) is 3.23. The molecular formula is C14H14N4O3. The fourth-order valence-corrected chi connectivity index (χ4v) is 2.18. The van der Waals surface area contributed by atoms with Gasteiger partial charge in [-0.1, -0.05) is 0 Å². The van der Waals surface area contributed by atoms with E-state index in [2.05, 4.69) is 15.0 Å². The summed E-state index contributed by atoms with van der Waals surface area (Å²) in [4.78, 5) is 22.8. The molecular weight excluding hydrogens is 272 g/mol. The van der Waals surface area contributed by atoms with E-state index in [4.69, 9.17) is 5.11 Å². The molecule has 3 aromatic rings. The van der Waals surface area contributed by atoms with E-state index in [1.807, 2.05) is 18.2 Å². The highest BCUT2D eigenvalue weighted by atomic mass is 16.3. The van der Waals surface area contributed by atoms with Crippen molar-refractivity contribution in [3.63, 3.8) is 0 Å². The summed E-state index contributed by atoms with van der Waals surface area (Å²) in [6.45, 7) is -0.412. The number of rotatable bonds is 4. The van der Waals surface area contributed by atoms with Gasteiger partial charge in [0, 0.05) is 24.2 Å². The number of aromatic amines is 1. The maximum atomic E-state index is 11.9. The molecule has 1 atom stereocenters. The molecule has 0 saturated heterocycles. The number of aliphatic hydroxyl groups excluding tert-OH is 2. The zero-order valence-electron chi connectivity index (χ0n) is 11.1. The molecule has 21 heavy (non-hydrogen) atoms. The van der Waals surface area contributed by atoms with Gasteiger partial charge in [-0.3, -0.25) is 9.55 Å². The number of H-pyrrole nitrogens is 1. The van der Waals surface area contributed by atoms with Crippen LogP contribution in [0.25, 0.3) is 22.3 Å². The maximum Gasteiger partial charge on any atom is 0.327 e. The van der Waals surface area contributed by atoms with Crippen molar-refractivity contribution in [3.05, 3.63) is 47.3 Å². The molecule has 0 fully saturated rings. The van der Waals surface area contributed by atoms with E-state index in [-0.39, 0.29) is 12.2 Å². The second-order valence-electron chi connectivity index (χ2n) is 4.71.